The number of nitrogens with zero attached hydrogens (tertiary/aromatic N) is 3. The van der Waals surface area contributed by atoms with Crippen molar-refractivity contribution in [1.29, 1.82) is 0 Å². The Labute approximate surface area is 390 Å². The Bertz CT molecular complexity index is 2580. The van der Waals surface area contributed by atoms with Crippen LogP contribution in [-0.2, 0) is 84.1 Å². The number of allylic oxidation sites excluding steroid dienone is 4. The van der Waals surface area contributed by atoms with E-state index in [1.165, 1.54) is 44.6 Å². The molecule has 3 heterocycles. The van der Waals surface area contributed by atoms with Crippen molar-refractivity contribution in [3.63, 3.8) is 0 Å². The highest BCUT2D eigenvalue weighted by Crippen LogP contribution is 2.51. The Morgan fingerprint density at radius 2 is 1.33 bits per heavy atom. The van der Waals surface area contributed by atoms with Crippen molar-refractivity contribution in [2.45, 2.75) is 73.0 Å². The summed E-state index contributed by atoms with van der Waals surface area (Å²) in [6, 6.07) is 8.13. The van der Waals surface area contributed by atoms with Crippen LogP contribution in [0.15, 0.2) is 70.1 Å². The molecule has 67 heavy (non-hydrogen) atoms. The van der Waals surface area contributed by atoms with E-state index in [9.17, 15) is 53.3 Å². The van der Waals surface area contributed by atoms with Gasteiger partial charge in [0.2, 0.25) is 5.69 Å². The zero-order valence-electron chi connectivity index (χ0n) is 37.6. The molecule has 0 aromatic heterocycles. The molecular formula is C43H55N3O18S3-2. The van der Waals surface area contributed by atoms with Crippen molar-refractivity contribution in [2.75, 3.05) is 90.8 Å². The van der Waals surface area contributed by atoms with Crippen LogP contribution in [0, 0.1) is 0 Å². The van der Waals surface area contributed by atoms with Crippen molar-refractivity contribution < 1.29 is 86.4 Å². The number of hydrogen-bond acceptors (Lipinski definition) is 19. The first-order valence-corrected chi connectivity index (χ1v) is 25.7. The van der Waals surface area contributed by atoms with Crippen LogP contribution in [-0.4, -0.2) is 158 Å². The van der Waals surface area contributed by atoms with Gasteiger partial charge in [-0.2, -0.15) is 4.58 Å². The highest BCUT2D eigenvalue weighted by Gasteiger charge is 2.48. The summed E-state index contributed by atoms with van der Waals surface area (Å²) in [5.41, 5.74) is 1.38. The Balaban J connectivity index is 1.36. The number of anilines is 1. The number of rotatable bonds is 27. The molecule has 2 atom stereocenters. The van der Waals surface area contributed by atoms with Gasteiger partial charge in [-0.3, -0.25) is 9.59 Å². The van der Waals surface area contributed by atoms with E-state index in [1.54, 1.807) is 25.1 Å². The van der Waals surface area contributed by atoms with Crippen LogP contribution in [0.25, 0.3) is 0 Å². The Kier molecular flexibility index (Phi) is 18.2. The third kappa shape index (κ3) is 13.4. The van der Waals surface area contributed by atoms with Gasteiger partial charge in [-0.15, -0.1) is 5.06 Å². The summed E-state index contributed by atoms with van der Waals surface area (Å²) < 4.78 is 138. The summed E-state index contributed by atoms with van der Waals surface area (Å²) in [5, 5.41) is 0.470. The largest absolute Gasteiger partial charge is 0.748 e. The SMILES string of the molecule is COCC[N+]1=C(/C=C/C=C2/N(CCOCCOCCOCCC(=O)ON3C(=O)CCC3=O)c3ccc(S(=O)(=O)[O-])cc3C2(C)CCOC)C(C)(CCCS(=O)(=O)[O-])c2cc(S(=O)(=O)[O-])ccc21. The molecule has 2 amide bonds. The molecule has 0 spiro atoms. The van der Waals surface area contributed by atoms with E-state index in [-0.39, 0.29) is 98.0 Å². The maximum Gasteiger partial charge on any atom is 0.335 e. The fraction of sp³-hybridized carbons (Fsp3) is 0.535. The minimum absolute atomic E-state index is 0.00889. The van der Waals surface area contributed by atoms with Gasteiger partial charge in [0.1, 0.15) is 26.8 Å². The summed E-state index contributed by atoms with van der Waals surface area (Å²) in [6.07, 6.45) is 5.48. The quantitative estimate of drug-likeness (QED) is 0.0536. The second-order valence-corrected chi connectivity index (χ2v) is 20.5. The van der Waals surface area contributed by atoms with Crippen molar-refractivity contribution in [3.8, 4) is 0 Å². The fourth-order valence-electron chi connectivity index (χ4n) is 8.36. The number of carbonyl (C=O) groups is 3. The third-order valence-electron chi connectivity index (χ3n) is 11.8. The average Bonchev–Trinajstić information content (AvgIpc) is 3.78. The maximum absolute atomic E-state index is 12.3. The average molecular weight is 998 g/mol. The molecule has 0 saturated carbocycles. The van der Waals surface area contributed by atoms with Crippen LogP contribution in [0.5, 0.6) is 0 Å². The predicted octanol–water partition coefficient (Wildman–Crippen LogP) is 2.12. The topological polar surface area (TPSA) is 288 Å². The van der Waals surface area contributed by atoms with E-state index < -0.39 is 74.5 Å². The van der Waals surface area contributed by atoms with Crippen molar-refractivity contribution in [2.24, 2.45) is 0 Å². The summed E-state index contributed by atoms with van der Waals surface area (Å²) in [5.74, 6) is -2.61. The minimum Gasteiger partial charge on any atom is -0.748 e. The van der Waals surface area contributed by atoms with Crippen molar-refractivity contribution in [1.82, 2.24) is 5.06 Å². The second-order valence-electron chi connectivity index (χ2n) is 16.3. The van der Waals surface area contributed by atoms with Gasteiger partial charge in [-0.25, -0.2) is 30.0 Å². The number of amides is 2. The van der Waals surface area contributed by atoms with Crippen LogP contribution in [0.3, 0.4) is 0 Å². The van der Waals surface area contributed by atoms with Gasteiger partial charge in [0.05, 0.1) is 71.4 Å². The summed E-state index contributed by atoms with van der Waals surface area (Å²) >= 11 is 0. The molecule has 3 aliphatic heterocycles. The van der Waals surface area contributed by atoms with Gasteiger partial charge in [-0.05, 0) is 75.1 Å². The number of benzene rings is 2. The lowest BCUT2D eigenvalue weighted by molar-refractivity contribution is -0.441. The van der Waals surface area contributed by atoms with Crippen LogP contribution >= 0.6 is 0 Å². The fourth-order valence-corrected chi connectivity index (χ4v) is 9.85. The van der Waals surface area contributed by atoms with Gasteiger partial charge < -0.3 is 47.1 Å². The first kappa shape index (κ1) is 53.5. The van der Waals surface area contributed by atoms with Gasteiger partial charge in [-0.1, -0.05) is 6.08 Å². The standard InChI is InChI=1S/C43H57N3O18S3/c1-42(16-6-28-65(50,51)52)33-29-31(66(53,54)55)9-11-35(33)44(18-22-60-4)37(42)7-5-8-38-43(2,17-21-59-3)34-30-32(67(56,57)58)10-12-36(34)45(38)19-23-62-25-27-63-26-24-61-20-15-41(49)64-46-39(47)13-14-40(46)48/h5,7-12,29-30H,6,13-28H2,1-4H3,(H2-,50,51,52,53,54,55,56,57,58)/p-2. The molecule has 5 rings (SSSR count). The molecule has 3 aliphatic rings. The molecular weight excluding hydrogens is 943 g/mol. The molecule has 0 bridgehead atoms. The number of methoxy groups -OCH3 is 2. The number of hydrogen-bond donors (Lipinski definition) is 0. The van der Waals surface area contributed by atoms with E-state index in [4.69, 9.17) is 28.5 Å². The first-order chi connectivity index (χ1) is 31.5. The lowest BCUT2D eigenvalue weighted by atomic mass is 9.75. The van der Waals surface area contributed by atoms with Gasteiger partial charge >= 0.3 is 5.97 Å². The lowest BCUT2D eigenvalue weighted by Gasteiger charge is -2.30. The van der Waals surface area contributed by atoms with E-state index in [0.717, 1.165) is 0 Å². The monoisotopic (exact) mass is 997 g/mol. The number of hydroxylamine groups is 2. The first-order valence-electron chi connectivity index (χ1n) is 21.3. The van der Waals surface area contributed by atoms with Crippen LogP contribution in [0.2, 0.25) is 0 Å². The summed E-state index contributed by atoms with van der Waals surface area (Å²) in [4.78, 5) is 41.0. The minimum atomic E-state index is -4.89. The van der Waals surface area contributed by atoms with Crippen molar-refractivity contribution in [3.05, 3.63) is 71.5 Å². The van der Waals surface area contributed by atoms with E-state index >= 15 is 0 Å². The van der Waals surface area contributed by atoms with E-state index in [0.29, 0.717) is 45.4 Å². The second kappa shape index (κ2) is 22.8. The van der Waals surface area contributed by atoms with Crippen LogP contribution < -0.4 is 4.90 Å². The lowest BCUT2D eigenvalue weighted by Crippen LogP contribution is -2.33. The zero-order chi connectivity index (χ0) is 49.2. The molecule has 2 unspecified atom stereocenters. The number of imide groups is 1. The predicted molar refractivity (Wildman–Crippen MR) is 234 cm³/mol. The molecule has 370 valence electrons. The molecule has 0 radical (unpaired) electrons. The summed E-state index contributed by atoms with van der Waals surface area (Å²) in [7, 11) is -11.3. The van der Waals surface area contributed by atoms with Gasteiger partial charge in [0.15, 0.2) is 12.3 Å². The Morgan fingerprint density at radius 1 is 0.746 bits per heavy atom. The van der Waals surface area contributed by atoms with Gasteiger partial charge in [0.25, 0.3) is 11.8 Å². The highest BCUT2D eigenvalue weighted by atomic mass is 32.2. The number of carbonyl (C=O) groups excluding carboxylic acids is 3. The third-order valence-corrected chi connectivity index (χ3v) is 14.2. The van der Waals surface area contributed by atoms with Crippen LogP contribution in [0.4, 0.5) is 11.4 Å². The Hall–Kier alpha value is -4.47. The van der Waals surface area contributed by atoms with E-state index in [2.05, 4.69) is 0 Å². The normalized spacial score (nSPS) is 20.5. The zero-order valence-corrected chi connectivity index (χ0v) is 40.1. The maximum atomic E-state index is 12.3. The smallest absolute Gasteiger partial charge is 0.335 e. The summed E-state index contributed by atoms with van der Waals surface area (Å²) in [6.45, 7) is 5.46. The molecule has 1 fully saturated rings. The molecule has 2 aromatic rings. The van der Waals surface area contributed by atoms with E-state index in [1.807, 2.05) is 22.5 Å². The molecule has 21 nitrogen and oxygen atoms in total. The molecule has 0 N–H and O–H groups in total. The molecule has 1 saturated heterocycles. The number of fused-ring (bicyclic) bond motifs is 2. The van der Waals surface area contributed by atoms with Crippen molar-refractivity contribution >= 4 is 65.2 Å². The molecule has 2 aromatic carbocycles. The van der Waals surface area contributed by atoms with Gasteiger partial charge in [0, 0.05) is 80.5 Å². The molecule has 24 heteroatoms. The highest BCUT2D eigenvalue weighted by molar-refractivity contribution is 7.86. The number of ether oxygens (including phenoxy) is 5. The van der Waals surface area contributed by atoms with Crippen LogP contribution in [0.1, 0.15) is 63.5 Å². The molecule has 0 aliphatic carbocycles. The Morgan fingerprint density at radius 3 is 1.93 bits per heavy atom.